The molecule has 1 amide bonds. The van der Waals surface area contributed by atoms with Gasteiger partial charge in [-0.1, -0.05) is 23.7 Å². The molecule has 0 N–H and O–H groups in total. The Hall–Kier alpha value is -3.49. The van der Waals surface area contributed by atoms with Crippen LogP contribution in [-0.4, -0.2) is 12.7 Å². The number of carbonyl (C=O) groups excluding carboxylic acids is 1. The third-order valence-electron chi connectivity index (χ3n) is 4.44. The van der Waals surface area contributed by atoms with Crippen molar-refractivity contribution in [2.24, 2.45) is 0 Å². The van der Waals surface area contributed by atoms with Gasteiger partial charge >= 0.3 is 6.09 Å². The summed E-state index contributed by atoms with van der Waals surface area (Å²) >= 11 is 5.96. The van der Waals surface area contributed by atoms with E-state index in [-0.39, 0.29) is 12.6 Å². The molecule has 0 aromatic heterocycles. The number of cyclic esters (lactones) is 1. The van der Waals surface area contributed by atoms with Crippen LogP contribution in [0.5, 0.6) is 11.5 Å². The van der Waals surface area contributed by atoms with Crippen LogP contribution in [0.15, 0.2) is 72.8 Å². The average Bonchev–Trinajstić information content (AvgIpc) is 3.11. The molecule has 1 heterocycles. The van der Waals surface area contributed by atoms with Gasteiger partial charge < -0.3 is 9.47 Å². The Morgan fingerprint density at radius 3 is 2.50 bits per heavy atom. The maximum absolute atomic E-state index is 12.3. The third kappa shape index (κ3) is 3.64. The molecule has 0 unspecified atom stereocenters. The zero-order valence-corrected chi connectivity index (χ0v) is 15.5. The number of hydrogen-bond acceptors (Lipinski definition) is 4. The SMILES string of the molecule is N#Cc1ccc(Oc2cccc([C@H]3COC(=O)N3c3ccc(Cl)cc3)c2)cc1. The van der Waals surface area contributed by atoms with Gasteiger partial charge in [0.25, 0.3) is 0 Å². The summed E-state index contributed by atoms with van der Waals surface area (Å²) in [6.45, 7) is 0.252. The second-order valence-electron chi connectivity index (χ2n) is 6.25. The maximum Gasteiger partial charge on any atom is 0.415 e. The van der Waals surface area contributed by atoms with Gasteiger partial charge in [0.05, 0.1) is 17.7 Å². The molecule has 1 saturated heterocycles. The topological polar surface area (TPSA) is 62.6 Å². The lowest BCUT2D eigenvalue weighted by Gasteiger charge is -2.22. The number of anilines is 1. The number of benzene rings is 3. The van der Waals surface area contributed by atoms with Gasteiger partial charge in [0.1, 0.15) is 18.1 Å². The van der Waals surface area contributed by atoms with E-state index in [0.29, 0.717) is 22.1 Å². The molecule has 1 fully saturated rings. The highest BCUT2D eigenvalue weighted by Crippen LogP contribution is 2.35. The zero-order valence-electron chi connectivity index (χ0n) is 14.7. The van der Waals surface area contributed by atoms with Crippen molar-refractivity contribution in [1.82, 2.24) is 0 Å². The molecular formula is C22H15ClN2O3. The maximum atomic E-state index is 12.3. The number of hydrogen-bond donors (Lipinski definition) is 0. The summed E-state index contributed by atoms with van der Waals surface area (Å²) < 4.78 is 11.2. The first-order chi connectivity index (χ1) is 13.6. The van der Waals surface area contributed by atoms with Gasteiger partial charge in [-0.3, -0.25) is 4.90 Å². The summed E-state index contributed by atoms with van der Waals surface area (Å²) in [6, 6.07) is 23.3. The lowest BCUT2D eigenvalue weighted by atomic mass is 10.1. The van der Waals surface area contributed by atoms with E-state index >= 15 is 0 Å². The van der Waals surface area contributed by atoms with Gasteiger partial charge in [0.15, 0.2) is 0 Å². The van der Waals surface area contributed by atoms with E-state index in [1.165, 1.54) is 0 Å². The van der Waals surface area contributed by atoms with Gasteiger partial charge in [0.2, 0.25) is 0 Å². The minimum absolute atomic E-state index is 0.252. The first kappa shape index (κ1) is 17.9. The van der Waals surface area contributed by atoms with E-state index in [0.717, 1.165) is 11.3 Å². The fraction of sp³-hybridized carbons (Fsp3) is 0.0909. The van der Waals surface area contributed by atoms with Crippen molar-refractivity contribution >= 4 is 23.4 Å². The molecule has 1 aliphatic rings. The number of amides is 1. The average molecular weight is 391 g/mol. The second-order valence-corrected chi connectivity index (χ2v) is 6.69. The van der Waals surface area contributed by atoms with Crippen molar-refractivity contribution < 1.29 is 14.3 Å². The normalized spacial score (nSPS) is 15.8. The molecule has 3 aromatic rings. The molecule has 3 aromatic carbocycles. The van der Waals surface area contributed by atoms with Crippen molar-refractivity contribution in [1.29, 1.82) is 5.26 Å². The molecular weight excluding hydrogens is 376 g/mol. The summed E-state index contributed by atoms with van der Waals surface area (Å²) in [7, 11) is 0. The van der Waals surface area contributed by atoms with Crippen molar-refractivity contribution in [3.05, 3.63) is 88.9 Å². The Bertz CT molecular complexity index is 1040. The minimum Gasteiger partial charge on any atom is -0.457 e. The van der Waals surface area contributed by atoms with E-state index in [2.05, 4.69) is 6.07 Å². The molecule has 1 aliphatic heterocycles. The van der Waals surface area contributed by atoms with Gasteiger partial charge in [0, 0.05) is 10.7 Å². The Kier molecular flexibility index (Phi) is 4.88. The Morgan fingerprint density at radius 1 is 1.04 bits per heavy atom. The summed E-state index contributed by atoms with van der Waals surface area (Å²) in [5, 5.41) is 9.49. The van der Waals surface area contributed by atoms with E-state index < -0.39 is 6.09 Å². The summed E-state index contributed by atoms with van der Waals surface area (Å²) in [6.07, 6.45) is -0.397. The van der Waals surface area contributed by atoms with Crippen LogP contribution in [0.25, 0.3) is 0 Å². The lowest BCUT2D eigenvalue weighted by Crippen LogP contribution is -2.27. The molecule has 0 radical (unpaired) electrons. The van der Waals surface area contributed by atoms with Crippen LogP contribution >= 0.6 is 11.6 Å². The third-order valence-corrected chi connectivity index (χ3v) is 4.69. The Labute approximate surface area is 167 Å². The molecule has 0 spiro atoms. The van der Waals surface area contributed by atoms with Gasteiger partial charge in [-0.2, -0.15) is 5.26 Å². The van der Waals surface area contributed by atoms with E-state index in [1.54, 1.807) is 53.4 Å². The van der Waals surface area contributed by atoms with Crippen molar-refractivity contribution in [2.45, 2.75) is 6.04 Å². The summed E-state index contributed by atoms with van der Waals surface area (Å²) in [5.74, 6) is 1.27. The van der Waals surface area contributed by atoms with Crippen molar-refractivity contribution in [3.8, 4) is 17.6 Å². The number of carbonyl (C=O) groups is 1. The Morgan fingerprint density at radius 2 is 1.79 bits per heavy atom. The summed E-state index contributed by atoms with van der Waals surface area (Å²) in [5.41, 5.74) is 2.18. The molecule has 6 heteroatoms. The number of rotatable bonds is 4. The van der Waals surface area contributed by atoms with Crippen LogP contribution in [0.1, 0.15) is 17.2 Å². The smallest absolute Gasteiger partial charge is 0.415 e. The van der Waals surface area contributed by atoms with Crippen molar-refractivity contribution in [3.63, 3.8) is 0 Å². The van der Waals surface area contributed by atoms with E-state index in [9.17, 15) is 4.79 Å². The number of nitrogens with zero attached hydrogens (tertiary/aromatic N) is 2. The van der Waals surface area contributed by atoms with E-state index in [4.69, 9.17) is 26.3 Å². The minimum atomic E-state index is -0.397. The molecule has 0 saturated carbocycles. The highest BCUT2D eigenvalue weighted by Gasteiger charge is 2.35. The summed E-state index contributed by atoms with van der Waals surface area (Å²) in [4.78, 5) is 13.9. The number of nitriles is 1. The molecule has 1 atom stereocenters. The highest BCUT2D eigenvalue weighted by atomic mass is 35.5. The Balaban J connectivity index is 1.59. The quantitative estimate of drug-likeness (QED) is 0.573. The van der Waals surface area contributed by atoms with Gasteiger partial charge in [-0.15, -0.1) is 0 Å². The second kappa shape index (κ2) is 7.63. The van der Waals surface area contributed by atoms with Gasteiger partial charge in [-0.25, -0.2) is 4.79 Å². The highest BCUT2D eigenvalue weighted by molar-refractivity contribution is 6.30. The van der Waals surface area contributed by atoms with Crippen LogP contribution in [0.3, 0.4) is 0 Å². The van der Waals surface area contributed by atoms with Gasteiger partial charge in [-0.05, 0) is 66.2 Å². The standard InChI is InChI=1S/C22H15ClN2O3/c23-17-6-8-18(9-7-17)25-21(14-27-22(25)26)16-2-1-3-20(12-16)28-19-10-4-15(13-24)5-11-19/h1-12,21H,14H2/t21-/m1/s1. The molecule has 4 rings (SSSR count). The predicted molar refractivity (Wildman–Crippen MR) is 106 cm³/mol. The fourth-order valence-corrected chi connectivity index (χ4v) is 3.20. The molecule has 5 nitrogen and oxygen atoms in total. The number of halogens is 1. The fourth-order valence-electron chi connectivity index (χ4n) is 3.07. The van der Waals surface area contributed by atoms with Crippen LogP contribution in [0.4, 0.5) is 10.5 Å². The number of ether oxygens (including phenoxy) is 2. The van der Waals surface area contributed by atoms with Crippen LogP contribution < -0.4 is 9.64 Å². The predicted octanol–water partition coefficient (Wildman–Crippen LogP) is 5.70. The molecule has 0 aliphatic carbocycles. The van der Waals surface area contributed by atoms with E-state index in [1.807, 2.05) is 24.3 Å². The first-order valence-corrected chi connectivity index (χ1v) is 9.01. The van der Waals surface area contributed by atoms with Crippen LogP contribution in [0.2, 0.25) is 5.02 Å². The zero-order chi connectivity index (χ0) is 19.5. The van der Waals surface area contributed by atoms with Crippen LogP contribution in [0, 0.1) is 11.3 Å². The van der Waals surface area contributed by atoms with Crippen LogP contribution in [-0.2, 0) is 4.74 Å². The molecule has 0 bridgehead atoms. The van der Waals surface area contributed by atoms with Crippen molar-refractivity contribution in [2.75, 3.05) is 11.5 Å². The first-order valence-electron chi connectivity index (χ1n) is 8.63. The lowest BCUT2D eigenvalue weighted by molar-refractivity contribution is 0.179. The largest absolute Gasteiger partial charge is 0.457 e. The monoisotopic (exact) mass is 390 g/mol. The molecule has 28 heavy (non-hydrogen) atoms. The molecule has 138 valence electrons.